The fourth-order valence-electron chi connectivity index (χ4n) is 4.06. The van der Waals surface area contributed by atoms with E-state index in [1.807, 2.05) is 40.7 Å². The first-order valence-corrected chi connectivity index (χ1v) is 11.6. The average Bonchev–Trinajstić information content (AvgIpc) is 2.78. The number of aromatic nitrogens is 3. The van der Waals surface area contributed by atoms with Crippen molar-refractivity contribution in [2.75, 3.05) is 0 Å². The number of halogens is 4. The summed E-state index contributed by atoms with van der Waals surface area (Å²) < 4.78 is 54.7. The summed E-state index contributed by atoms with van der Waals surface area (Å²) in [4.78, 5) is 12.8. The Balaban J connectivity index is 1.83. The molecule has 182 valence electrons. The summed E-state index contributed by atoms with van der Waals surface area (Å²) in [7, 11) is 0. The third kappa shape index (κ3) is 6.19. The van der Waals surface area contributed by atoms with Crippen molar-refractivity contribution in [1.82, 2.24) is 15.0 Å². The van der Waals surface area contributed by atoms with Crippen LogP contribution in [0.3, 0.4) is 0 Å². The van der Waals surface area contributed by atoms with E-state index in [2.05, 4.69) is 15.0 Å². The molecule has 0 saturated carbocycles. The van der Waals surface area contributed by atoms with Gasteiger partial charge in [0, 0.05) is 24.3 Å². The Hall–Kier alpha value is -2.83. The Labute approximate surface area is 198 Å². The van der Waals surface area contributed by atoms with Gasteiger partial charge in [0.25, 0.3) is 0 Å². The largest absolute Gasteiger partial charge is 0.418 e. The molecule has 3 aromatic heterocycles. The monoisotopic (exact) mass is 473 g/mol. The van der Waals surface area contributed by atoms with Crippen LogP contribution in [0.25, 0.3) is 0 Å². The zero-order valence-corrected chi connectivity index (χ0v) is 20.2. The molecule has 3 aromatic rings. The molecule has 0 bridgehead atoms. The van der Waals surface area contributed by atoms with E-state index >= 15 is 0 Å². The summed E-state index contributed by atoms with van der Waals surface area (Å²) in [5.41, 5.74) is 3.60. The van der Waals surface area contributed by atoms with Gasteiger partial charge in [-0.05, 0) is 71.4 Å². The van der Waals surface area contributed by atoms with Gasteiger partial charge >= 0.3 is 6.18 Å². The van der Waals surface area contributed by atoms with E-state index in [9.17, 15) is 17.6 Å². The van der Waals surface area contributed by atoms with E-state index in [4.69, 9.17) is 0 Å². The zero-order chi connectivity index (χ0) is 25.0. The minimum Gasteiger partial charge on any atom is -0.261 e. The SMILES string of the molecule is CCc1cc(C(C)Cc2ncc(C(C)C)cc2C(F)(F)F)cnc1CC(C)c1cncc(F)c1. The quantitative estimate of drug-likeness (QED) is 0.320. The fraction of sp³-hybridized carbons (Fsp3) is 0.444. The molecule has 0 aliphatic heterocycles. The maximum Gasteiger partial charge on any atom is 0.418 e. The summed E-state index contributed by atoms with van der Waals surface area (Å²) in [6.07, 6.45) is 3.21. The van der Waals surface area contributed by atoms with Crippen molar-refractivity contribution in [2.45, 2.75) is 77.8 Å². The molecule has 2 unspecified atom stereocenters. The average molecular weight is 474 g/mol. The van der Waals surface area contributed by atoms with Gasteiger partial charge in [-0.15, -0.1) is 0 Å². The lowest BCUT2D eigenvalue weighted by atomic mass is 9.90. The number of nitrogens with zero attached hydrogens (tertiary/aromatic N) is 3. The van der Waals surface area contributed by atoms with Crippen LogP contribution in [-0.2, 0) is 25.4 Å². The maximum absolute atomic E-state index is 13.7. The van der Waals surface area contributed by atoms with Crippen LogP contribution in [0, 0.1) is 5.82 Å². The van der Waals surface area contributed by atoms with Crippen molar-refractivity contribution in [3.8, 4) is 0 Å². The molecule has 0 radical (unpaired) electrons. The summed E-state index contributed by atoms with van der Waals surface area (Å²) in [6.45, 7) is 9.63. The van der Waals surface area contributed by atoms with Crippen LogP contribution in [-0.4, -0.2) is 15.0 Å². The lowest BCUT2D eigenvalue weighted by molar-refractivity contribution is -0.138. The predicted molar refractivity (Wildman–Crippen MR) is 125 cm³/mol. The summed E-state index contributed by atoms with van der Waals surface area (Å²) in [5.74, 6) is -0.558. The normalized spacial score (nSPS) is 13.8. The van der Waals surface area contributed by atoms with E-state index in [0.29, 0.717) is 12.0 Å². The van der Waals surface area contributed by atoms with E-state index in [1.165, 1.54) is 18.3 Å². The number of hydrogen-bond donors (Lipinski definition) is 0. The third-order valence-electron chi connectivity index (χ3n) is 6.29. The molecule has 3 nitrogen and oxygen atoms in total. The van der Waals surface area contributed by atoms with E-state index in [1.54, 1.807) is 18.6 Å². The Bertz CT molecular complexity index is 1130. The molecule has 2 atom stereocenters. The molecule has 0 amide bonds. The molecule has 7 heteroatoms. The van der Waals surface area contributed by atoms with Gasteiger partial charge < -0.3 is 0 Å². The first kappa shape index (κ1) is 25.8. The van der Waals surface area contributed by atoms with Gasteiger partial charge in [0.1, 0.15) is 5.82 Å². The maximum atomic E-state index is 13.7. The van der Waals surface area contributed by atoms with Gasteiger partial charge in [0.2, 0.25) is 0 Å². The number of aryl methyl sites for hydroxylation is 1. The Morgan fingerprint density at radius 1 is 0.765 bits per heavy atom. The molecular formula is C27H31F4N3. The number of rotatable bonds is 8. The second-order valence-electron chi connectivity index (χ2n) is 9.29. The van der Waals surface area contributed by atoms with Crippen LogP contribution in [0.1, 0.15) is 91.6 Å². The molecule has 0 saturated heterocycles. The summed E-state index contributed by atoms with van der Waals surface area (Å²) >= 11 is 0. The van der Waals surface area contributed by atoms with Gasteiger partial charge in [0.15, 0.2) is 0 Å². The molecule has 3 rings (SSSR count). The van der Waals surface area contributed by atoms with E-state index < -0.39 is 11.7 Å². The van der Waals surface area contributed by atoms with Gasteiger partial charge in [-0.2, -0.15) is 13.2 Å². The Kier molecular flexibility index (Phi) is 8.05. The van der Waals surface area contributed by atoms with Gasteiger partial charge in [-0.25, -0.2) is 4.39 Å². The topological polar surface area (TPSA) is 38.7 Å². The van der Waals surface area contributed by atoms with Gasteiger partial charge in [-0.3, -0.25) is 15.0 Å². The van der Waals surface area contributed by atoms with Crippen molar-refractivity contribution in [3.05, 3.63) is 88.0 Å². The third-order valence-corrected chi connectivity index (χ3v) is 6.29. The van der Waals surface area contributed by atoms with Gasteiger partial charge in [-0.1, -0.05) is 40.7 Å². The first-order chi connectivity index (χ1) is 16.0. The van der Waals surface area contributed by atoms with Crippen LogP contribution in [0.5, 0.6) is 0 Å². The molecule has 0 aromatic carbocycles. The molecular weight excluding hydrogens is 442 g/mol. The fourth-order valence-corrected chi connectivity index (χ4v) is 4.06. The smallest absolute Gasteiger partial charge is 0.261 e. The van der Waals surface area contributed by atoms with E-state index in [-0.39, 0.29) is 35.7 Å². The Morgan fingerprint density at radius 2 is 1.35 bits per heavy atom. The Morgan fingerprint density at radius 3 is 1.94 bits per heavy atom. The van der Waals surface area contributed by atoms with Crippen molar-refractivity contribution < 1.29 is 17.6 Å². The van der Waals surface area contributed by atoms with Crippen LogP contribution in [0.4, 0.5) is 17.6 Å². The highest BCUT2D eigenvalue weighted by Crippen LogP contribution is 2.35. The van der Waals surface area contributed by atoms with Crippen LogP contribution in [0.2, 0.25) is 0 Å². The number of alkyl halides is 3. The highest BCUT2D eigenvalue weighted by atomic mass is 19.4. The van der Waals surface area contributed by atoms with Crippen molar-refractivity contribution in [2.24, 2.45) is 0 Å². The first-order valence-electron chi connectivity index (χ1n) is 11.6. The zero-order valence-electron chi connectivity index (χ0n) is 20.2. The molecule has 0 N–H and O–H groups in total. The van der Waals surface area contributed by atoms with Crippen molar-refractivity contribution in [1.29, 1.82) is 0 Å². The summed E-state index contributed by atoms with van der Waals surface area (Å²) in [5, 5.41) is 0. The molecule has 0 spiro atoms. The second-order valence-corrected chi connectivity index (χ2v) is 9.29. The van der Waals surface area contributed by atoms with Crippen molar-refractivity contribution >= 4 is 0 Å². The highest BCUT2D eigenvalue weighted by Gasteiger charge is 2.35. The van der Waals surface area contributed by atoms with Crippen molar-refractivity contribution in [3.63, 3.8) is 0 Å². The lowest BCUT2D eigenvalue weighted by Gasteiger charge is -2.19. The molecule has 0 aliphatic rings. The summed E-state index contributed by atoms with van der Waals surface area (Å²) in [6, 6.07) is 4.73. The molecule has 34 heavy (non-hydrogen) atoms. The minimum absolute atomic E-state index is 0.0299. The number of pyridine rings is 3. The molecule has 3 heterocycles. The second kappa shape index (κ2) is 10.6. The van der Waals surface area contributed by atoms with Crippen LogP contribution in [0.15, 0.2) is 43.0 Å². The van der Waals surface area contributed by atoms with Crippen LogP contribution >= 0.6 is 0 Å². The highest BCUT2D eigenvalue weighted by molar-refractivity contribution is 5.33. The lowest BCUT2D eigenvalue weighted by Crippen LogP contribution is -2.14. The van der Waals surface area contributed by atoms with Crippen LogP contribution < -0.4 is 0 Å². The molecule has 0 fully saturated rings. The number of hydrogen-bond acceptors (Lipinski definition) is 3. The van der Waals surface area contributed by atoms with Gasteiger partial charge in [0.05, 0.1) is 17.5 Å². The predicted octanol–water partition coefficient (Wildman–Crippen LogP) is 7.41. The van der Waals surface area contributed by atoms with E-state index in [0.717, 1.165) is 28.8 Å². The minimum atomic E-state index is -4.45. The standard InChI is InChI=1S/C27H31F4N3/c1-6-19-9-21(14-33-25(19)7-17(4)22-10-23(28)15-32-12-22)18(5)8-26-24(27(29,30)31)11-20(13-34-26)16(2)3/h9-18H,6-8H2,1-5H3. The molecule has 0 aliphatic carbocycles.